The number of carbonyl (C=O) groups is 6. The normalized spacial score (nSPS) is 14.5. The molecule has 13 heteroatoms. The van der Waals surface area contributed by atoms with E-state index in [1.54, 1.807) is 13.8 Å². The highest BCUT2D eigenvalue weighted by Gasteiger charge is 2.31. The van der Waals surface area contributed by atoms with E-state index >= 15 is 0 Å². The number of primary amides is 2. The summed E-state index contributed by atoms with van der Waals surface area (Å²) >= 11 is 0. The molecule has 0 saturated carbocycles. The smallest absolute Gasteiger partial charge is 0.322 e. The van der Waals surface area contributed by atoms with E-state index in [-0.39, 0.29) is 18.8 Å². The first kappa shape index (κ1) is 26.8. The molecule has 170 valence electrons. The fraction of sp³-hybridized carbons (Fsp3) is 0.647. The summed E-state index contributed by atoms with van der Waals surface area (Å²) in [5.74, 6) is -5.53. The molecule has 0 aliphatic rings. The minimum Gasteiger partial charge on any atom is -0.480 e. The van der Waals surface area contributed by atoms with Gasteiger partial charge in [0.1, 0.15) is 18.6 Å². The maximum absolute atomic E-state index is 12.7. The lowest BCUT2D eigenvalue weighted by molar-refractivity contribution is -0.139. The van der Waals surface area contributed by atoms with E-state index in [1.807, 2.05) is 0 Å². The molecule has 0 rings (SSSR count). The van der Waals surface area contributed by atoms with E-state index in [1.165, 1.54) is 0 Å². The van der Waals surface area contributed by atoms with E-state index in [9.17, 15) is 28.8 Å². The summed E-state index contributed by atoms with van der Waals surface area (Å²) in [7, 11) is 0. The van der Waals surface area contributed by atoms with Gasteiger partial charge in [0.25, 0.3) is 0 Å². The van der Waals surface area contributed by atoms with Crippen LogP contribution in [-0.4, -0.2) is 65.3 Å². The molecule has 0 saturated heterocycles. The lowest BCUT2D eigenvalue weighted by Crippen LogP contribution is -2.57. The summed E-state index contributed by atoms with van der Waals surface area (Å²) in [6.07, 6.45) is -0.404. The zero-order valence-corrected chi connectivity index (χ0v) is 17.0. The molecule has 0 aromatic rings. The van der Waals surface area contributed by atoms with Gasteiger partial charge in [-0.2, -0.15) is 0 Å². The molecule has 0 aromatic heterocycles. The number of carbonyl (C=O) groups excluding carboxylic acids is 5. The third kappa shape index (κ3) is 10.4. The van der Waals surface area contributed by atoms with Crippen molar-refractivity contribution in [2.45, 2.75) is 57.7 Å². The van der Waals surface area contributed by atoms with E-state index < -0.39 is 66.6 Å². The zero-order valence-electron chi connectivity index (χ0n) is 17.0. The van der Waals surface area contributed by atoms with Gasteiger partial charge in [-0.15, -0.1) is 0 Å². The fourth-order valence-corrected chi connectivity index (χ4v) is 2.37. The van der Waals surface area contributed by atoms with Crippen LogP contribution in [-0.2, 0) is 28.8 Å². The lowest BCUT2D eigenvalue weighted by Gasteiger charge is -2.26. The minimum absolute atomic E-state index is 0.180. The Morgan fingerprint density at radius 1 is 0.933 bits per heavy atom. The van der Waals surface area contributed by atoms with Crippen LogP contribution in [0.25, 0.3) is 0 Å². The monoisotopic (exact) mass is 430 g/mol. The second-order valence-corrected chi connectivity index (χ2v) is 6.83. The average molecular weight is 430 g/mol. The molecule has 0 bridgehead atoms. The largest absolute Gasteiger partial charge is 0.480 e. The van der Waals surface area contributed by atoms with Crippen molar-refractivity contribution in [3.05, 3.63) is 0 Å². The Labute approximate surface area is 173 Å². The molecule has 0 heterocycles. The SMILES string of the molecule is CCC(C)C(NC(=O)C(CCC(N)=O)NC(=O)C(N)CC(N)=O)C(=O)NCC(=O)O. The molecule has 0 aliphatic carbocycles. The number of hydrogen-bond donors (Lipinski definition) is 7. The number of carboxylic acid groups (broad SMARTS) is 1. The van der Waals surface area contributed by atoms with Gasteiger partial charge in [-0.05, 0) is 12.3 Å². The van der Waals surface area contributed by atoms with Crippen LogP contribution in [0.3, 0.4) is 0 Å². The van der Waals surface area contributed by atoms with Gasteiger partial charge >= 0.3 is 5.97 Å². The van der Waals surface area contributed by atoms with Crippen LogP contribution in [0.15, 0.2) is 0 Å². The van der Waals surface area contributed by atoms with Crippen molar-refractivity contribution in [2.75, 3.05) is 6.54 Å². The zero-order chi connectivity index (χ0) is 23.4. The molecule has 0 aliphatic heterocycles. The number of hydrogen-bond acceptors (Lipinski definition) is 7. The van der Waals surface area contributed by atoms with Crippen molar-refractivity contribution < 1.29 is 33.9 Å². The molecule has 0 fully saturated rings. The third-order valence-corrected chi connectivity index (χ3v) is 4.28. The molecular formula is C17H30N6O7. The summed E-state index contributed by atoms with van der Waals surface area (Å²) in [5, 5.41) is 15.7. The first-order valence-electron chi connectivity index (χ1n) is 9.31. The first-order valence-corrected chi connectivity index (χ1v) is 9.31. The van der Waals surface area contributed by atoms with Crippen LogP contribution < -0.4 is 33.2 Å². The summed E-state index contributed by atoms with van der Waals surface area (Å²) in [6, 6.07) is -3.67. The van der Waals surface area contributed by atoms with E-state index in [2.05, 4.69) is 16.0 Å². The molecule has 30 heavy (non-hydrogen) atoms. The highest BCUT2D eigenvalue weighted by atomic mass is 16.4. The molecule has 10 N–H and O–H groups in total. The van der Waals surface area contributed by atoms with Gasteiger partial charge < -0.3 is 38.3 Å². The molecule has 5 amide bonds. The Hall–Kier alpha value is -3.22. The Kier molecular flexibility index (Phi) is 11.7. The van der Waals surface area contributed by atoms with E-state index in [0.29, 0.717) is 6.42 Å². The van der Waals surface area contributed by atoms with Gasteiger partial charge in [-0.3, -0.25) is 28.8 Å². The van der Waals surface area contributed by atoms with Crippen LogP contribution in [0.5, 0.6) is 0 Å². The number of nitrogens with one attached hydrogen (secondary N) is 3. The standard InChI is InChI=1S/C17H30N6O7/c1-3-8(2)14(17(30)21-7-13(26)27)23-16(29)10(4-5-11(19)24)22-15(28)9(18)6-12(20)25/h8-10,14H,3-7,18H2,1-2H3,(H2,19,24)(H2,20,25)(H,21,30)(H,22,28)(H,23,29)(H,26,27). The first-order chi connectivity index (χ1) is 13.9. The van der Waals surface area contributed by atoms with Crippen molar-refractivity contribution in [3.63, 3.8) is 0 Å². The van der Waals surface area contributed by atoms with Gasteiger partial charge in [-0.25, -0.2) is 0 Å². The lowest BCUT2D eigenvalue weighted by atomic mass is 9.97. The van der Waals surface area contributed by atoms with E-state index in [0.717, 1.165) is 0 Å². The van der Waals surface area contributed by atoms with Crippen molar-refractivity contribution >= 4 is 35.5 Å². The minimum atomic E-state index is -1.31. The number of carboxylic acids is 1. The van der Waals surface area contributed by atoms with Gasteiger partial charge in [-0.1, -0.05) is 20.3 Å². The molecule has 0 aromatic carbocycles. The predicted molar refractivity (Wildman–Crippen MR) is 104 cm³/mol. The summed E-state index contributed by atoms with van der Waals surface area (Å²) in [6.45, 7) is 2.81. The van der Waals surface area contributed by atoms with Crippen LogP contribution >= 0.6 is 0 Å². The summed E-state index contributed by atoms with van der Waals surface area (Å²) in [5.41, 5.74) is 15.6. The highest BCUT2D eigenvalue weighted by Crippen LogP contribution is 2.09. The number of nitrogens with two attached hydrogens (primary N) is 3. The topological polar surface area (TPSA) is 237 Å². The van der Waals surface area contributed by atoms with Crippen molar-refractivity contribution in [1.82, 2.24) is 16.0 Å². The number of aliphatic carboxylic acids is 1. The molecule has 4 atom stereocenters. The summed E-state index contributed by atoms with van der Waals surface area (Å²) in [4.78, 5) is 69.8. The highest BCUT2D eigenvalue weighted by molar-refractivity contribution is 5.95. The van der Waals surface area contributed by atoms with Crippen LogP contribution in [0.1, 0.15) is 39.5 Å². The molecule has 0 spiro atoms. The second-order valence-electron chi connectivity index (χ2n) is 6.83. The average Bonchev–Trinajstić information content (AvgIpc) is 2.65. The summed E-state index contributed by atoms with van der Waals surface area (Å²) < 4.78 is 0. The van der Waals surface area contributed by atoms with Crippen molar-refractivity contribution in [3.8, 4) is 0 Å². The Bertz CT molecular complexity index is 669. The maximum Gasteiger partial charge on any atom is 0.322 e. The molecule has 0 radical (unpaired) electrons. The molecule has 13 nitrogen and oxygen atoms in total. The van der Waals surface area contributed by atoms with E-state index in [4.69, 9.17) is 22.3 Å². The van der Waals surface area contributed by atoms with Gasteiger partial charge in [0.15, 0.2) is 0 Å². The second kappa shape index (κ2) is 13.1. The maximum atomic E-state index is 12.7. The number of amides is 5. The van der Waals surface area contributed by atoms with Crippen LogP contribution in [0.2, 0.25) is 0 Å². The van der Waals surface area contributed by atoms with Crippen LogP contribution in [0, 0.1) is 5.92 Å². The predicted octanol–water partition coefficient (Wildman–Crippen LogP) is -3.33. The third-order valence-electron chi connectivity index (χ3n) is 4.28. The molecule has 4 unspecified atom stereocenters. The quantitative estimate of drug-likeness (QED) is 0.147. The van der Waals surface area contributed by atoms with Gasteiger partial charge in [0.05, 0.1) is 12.5 Å². The Morgan fingerprint density at radius 2 is 1.53 bits per heavy atom. The van der Waals surface area contributed by atoms with Crippen molar-refractivity contribution in [1.29, 1.82) is 0 Å². The Morgan fingerprint density at radius 3 is 2.00 bits per heavy atom. The van der Waals surface area contributed by atoms with Crippen molar-refractivity contribution in [2.24, 2.45) is 23.1 Å². The van der Waals surface area contributed by atoms with Gasteiger partial charge in [0, 0.05) is 6.42 Å². The molecular weight excluding hydrogens is 400 g/mol. The van der Waals surface area contributed by atoms with Crippen LogP contribution in [0.4, 0.5) is 0 Å². The van der Waals surface area contributed by atoms with Gasteiger partial charge in [0.2, 0.25) is 29.5 Å². The fourth-order valence-electron chi connectivity index (χ4n) is 2.37. The Balaban J connectivity index is 5.38. The number of rotatable bonds is 14.